The molecule has 0 aliphatic carbocycles. The number of nitrogens with one attached hydrogen (secondary N) is 4. The zero-order chi connectivity index (χ0) is 46.0. The molecule has 4 aromatic carbocycles. The predicted molar refractivity (Wildman–Crippen MR) is 252 cm³/mol. The Bertz CT molecular complexity index is 2100. The number of amides is 4. The first-order chi connectivity index (χ1) is 30.6. The van der Waals surface area contributed by atoms with Gasteiger partial charge in [0.15, 0.2) is 0 Å². The van der Waals surface area contributed by atoms with Gasteiger partial charge in [0, 0.05) is 35.7 Å². The maximum atomic E-state index is 12.3. The van der Waals surface area contributed by atoms with Crippen LogP contribution in [0.4, 0.5) is 0 Å². The smallest absolute Gasteiger partial charge is 0.327 e. The summed E-state index contributed by atoms with van der Waals surface area (Å²) in [5.41, 5.74) is 4.41. The van der Waals surface area contributed by atoms with Crippen molar-refractivity contribution in [3.8, 4) is 0 Å². The highest BCUT2D eigenvalue weighted by Crippen LogP contribution is 2.51. The topological polar surface area (TPSA) is 229 Å². The summed E-state index contributed by atoms with van der Waals surface area (Å²) in [6, 6.07) is 36.5. The van der Waals surface area contributed by atoms with Crippen LogP contribution >= 0.6 is 23.5 Å². The van der Waals surface area contributed by atoms with Gasteiger partial charge in [0.1, 0.15) is 34.9 Å². The molecule has 6 atom stereocenters. The molecule has 0 unspecified atom stereocenters. The second-order valence-electron chi connectivity index (χ2n) is 16.9. The molecule has 4 amide bonds. The van der Waals surface area contributed by atoms with Crippen molar-refractivity contribution in [3.05, 3.63) is 144 Å². The molecule has 346 valence electrons. The zero-order valence-electron chi connectivity index (χ0n) is 36.8. The first-order valence-electron chi connectivity index (χ1n) is 21.2. The van der Waals surface area contributed by atoms with Crippen LogP contribution < -0.4 is 21.3 Å². The monoisotopic (exact) mass is 926 g/mol. The summed E-state index contributed by atoms with van der Waals surface area (Å²) < 4.78 is -1.16. The van der Waals surface area contributed by atoms with Gasteiger partial charge in [-0.1, -0.05) is 121 Å². The van der Waals surface area contributed by atoms with Crippen LogP contribution in [-0.4, -0.2) is 119 Å². The Labute approximate surface area is 387 Å². The predicted octanol–water partition coefficient (Wildman–Crippen LogP) is 3.46. The van der Waals surface area contributed by atoms with Crippen molar-refractivity contribution in [2.75, 3.05) is 13.1 Å². The van der Waals surface area contributed by atoms with Crippen LogP contribution in [0.15, 0.2) is 121 Å². The summed E-state index contributed by atoms with van der Waals surface area (Å²) in [6.45, 7) is 11.1. The van der Waals surface area contributed by atoms with E-state index in [1.54, 1.807) is 0 Å². The Morgan fingerprint density at radius 3 is 1.11 bits per heavy atom. The largest absolute Gasteiger partial charge is 0.480 e. The lowest BCUT2D eigenvalue weighted by Gasteiger charge is -2.43. The van der Waals surface area contributed by atoms with Crippen LogP contribution in [0.2, 0.25) is 0 Å². The van der Waals surface area contributed by atoms with E-state index in [-0.39, 0.29) is 52.7 Å². The van der Waals surface area contributed by atoms with Crippen molar-refractivity contribution in [2.45, 2.75) is 98.0 Å². The molecule has 4 aliphatic rings. The van der Waals surface area contributed by atoms with Crippen LogP contribution in [-0.2, 0) is 54.7 Å². The summed E-state index contributed by atoms with van der Waals surface area (Å²) in [7, 11) is 0. The number of carboxylic acid groups (broad SMARTS) is 2. The SMILES string of the molecule is CC1(C)S[C@@H]2[C@H](NC(=O)Cc3ccccc3)C(=O)N2[C@H]1C(=O)O.CC1(C)S[C@@H]2[C@H](NC(=O)Cc3ccccc3)C(=O)N2[C@H]1C(=O)O.O.c1ccc(CNCCNCc2ccccc2)cc1. The Morgan fingerprint density at radius 2 is 0.815 bits per heavy atom. The van der Waals surface area contributed by atoms with Crippen LogP contribution in [0.3, 0.4) is 0 Å². The molecule has 8 rings (SSSR count). The lowest BCUT2D eigenvalue weighted by atomic mass is 9.96. The Balaban J connectivity index is 0.000000183. The first kappa shape index (κ1) is 50.3. The third-order valence-electron chi connectivity index (χ3n) is 11.2. The molecule has 4 aliphatic heterocycles. The second-order valence-corrected chi connectivity index (χ2v) is 20.5. The number of carbonyl (C=O) groups is 6. The van der Waals surface area contributed by atoms with Gasteiger partial charge in [-0.25, -0.2) is 9.59 Å². The number of fused-ring (bicyclic) bond motifs is 2. The van der Waals surface area contributed by atoms with Crippen molar-refractivity contribution in [2.24, 2.45) is 0 Å². The van der Waals surface area contributed by atoms with E-state index in [4.69, 9.17) is 0 Å². The number of benzene rings is 4. The number of thioether (sulfide) groups is 2. The van der Waals surface area contributed by atoms with Gasteiger partial charge in [0.2, 0.25) is 23.6 Å². The minimum atomic E-state index is -1.01. The number of rotatable bonds is 15. The molecule has 65 heavy (non-hydrogen) atoms. The zero-order valence-corrected chi connectivity index (χ0v) is 38.4. The van der Waals surface area contributed by atoms with E-state index in [0.29, 0.717) is 0 Å². The van der Waals surface area contributed by atoms with Crippen LogP contribution in [0.5, 0.6) is 0 Å². The quantitative estimate of drug-likeness (QED) is 0.0745. The molecule has 0 radical (unpaired) electrons. The van der Waals surface area contributed by atoms with Crippen molar-refractivity contribution in [1.82, 2.24) is 31.1 Å². The molecule has 0 saturated carbocycles. The van der Waals surface area contributed by atoms with E-state index in [1.165, 1.54) is 44.5 Å². The summed E-state index contributed by atoms with van der Waals surface area (Å²) in [4.78, 5) is 74.4. The number of carbonyl (C=O) groups excluding carboxylic acids is 4. The normalized spacial score (nSPS) is 22.7. The number of carboxylic acids is 2. The van der Waals surface area contributed by atoms with E-state index in [9.17, 15) is 39.0 Å². The molecule has 0 bridgehead atoms. The number of aliphatic carboxylic acids is 2. The molecule has 4 saturated heterocycles. The van der Waals surface area contributed by atoms with Crippen molar-refractivity contribution in [3.63, 3.8) is 0 Å². The van der Waals surface area contributed by atoms with Gasteiger partial charge < -0.3 is 46.8 Å². The highest BCUT2D eigenvalue weighted by molar-refractivity contribution is 8.02. The van der Waals surface area contributed by atoms with Crippen LogP contribution in [0, 0.1) is 0 Å². The fourth-order valence-electron chi connectivity index (χ4n) is 8.14. The highest BCUT2D eigenvalue weighted by atomic mass is 32.2. The highest BCUT2D eigenvalue weighted by Gasteiger charge is 2.65. The minimum absolute atomic E-state index is 0. The van der Waals surface area contributed by atoms with E-state index < -0.39 is 45.6 Å². The Kier molecular flexibility index (Phi) is 17.4. The van der Waals surface area contributed by atoms with Gasteiger partial charge in [0.05, 0.1) is 12.8 Å². The van der Waals surface area contributed by atoms with Gasteiger partial charge in [-0.3, -0.25) is 19.2 Å². The Hall–Kier alpha value is -5.72. The molecular formula is C48H58N6O9S2. The maximum absolute atomic E-state index is 12.3. The second kappa shape index (κ2) is 22.5. The molecule has 4 fully saturated rings. The van der Waals surface area contributed by atoms with E-state index in [2.05, 4.69) is 69.8 Å². The third-order valence-corrected chi connectivity index (χ3v) is 14.4. The van der Waals surface area contributed by atoms with E-state index >= 15 is 0 Å². The lowest BCUT2D eigenvalue weighted by molar-refractivity contribution is -0.161. The molecule has 0 aromatic heterocycles. The lowest BCUT2D eigenvalue weighted by Crippen LogP contribution is -2.70. The molecule has 4 heterocycles. The summed E-state index contributed by atoms with van der Waals surface area (Å²) >= 11 is 2.85. The molecule has 8 N–H and O–H groups in total. The fourth-order valence-corrected chi connectivity index (χ4v) is 11.4. The van der Waals surface area contributed by atoms with E-state index in [0.717, 1.165) is 37.3 Å². The average molecular weight is 927 g/mol. The number of nitrogens with zero attached hydrogens (tertiary/aromatic N) is 2. The maximum Gasteiger partial charge on any atom is 0.327 e. The Morgan fingerprint density at radius 1 is 0.523 bits per heavy atom. The van der Waals surface area contributed by atoms with Gasteiger partial charge >= 0.3 is 11.9 Å². The molecule has 17 heteroatoms. The number of hydrogen-bond donors (Lipinski definition) is 6. The van der Waals surface area contributed by atoms with E-state index in [1.807, 2.05) is 100 Å². The van der Waals surface area contributed by atoms with Gasteiger partial charge in [-0.15, -0.1) is 23.5 Å². The van der Waals surface area contributed by atoms with Crippen LogP contribution in [0.25, 0.3) is 0 Å². The van der Waals surface area contributed by atoms with Gasteiger partial charge in [-0.2, -0.15) is 0 Å². The minimum Gasteiger partial charge on any atom is -0.480 e. The fraction of sp³-hybridized carbons (Fsp3) is 0.375. The average Bonchev–Trinajstić information content (AvgIpc) is 3.69. The standard InChI is InChI=1S/2C16H18N2O4S.C16H20N2.H2O/c2*1-16(2)12(15(21)22)18-13(20)11(14(18)23-16)17-10(19)8-9-6-4-3-5-7-9;1-3-7-15(8-4-1)13-17-11-12-18-14-16-9-5-2-6-10-16;/h2*3-7,11-12,14H,8H2,1-2H3,(H,17,19)(H,21,22);1-10,17-18H,11-14H2;1H2/t2*11-,12+,14-;;/m11../s1. The summed E-state index contributed by atoms with van der Waals surface area (Å²) in [6.07, 6.45) is 0.404. The van der Waals surface area contributed by atoms with Gasteiger partial charge in [-0.05, 0) is 49.9 Å². The summed E-state index contributed by atoms with van der Waals surface area (Å²) in [5.74, 6) is -3.11. The molecule has 4 aromatic rings. The molecular weight excluding hydrogens is 869 g/mol. The van der Waals surface area contributed by atoms with Crippen molar-refractivity contribution < 1.29 is 44.5 Å². The summed E-state index contributed by atoms with van der Waals surface area (Å²) in [5, 5.41) is 30.4. The first-order valence-corrected chi connectivity index (χ1v) is 22.9. The number of β-lactam (4-membered cyclic amide) rings is 2. The third kappa shape index (κ3) is 12.6. The van der Waals surface area contributed by atoms with Gasteiger partial charge in [0.25, 0.3) is 0 Å². The van der Waals surface area contributed by atoms with Crippen LogP contribution in [0.1, 0.15) is 49.9 Å². The van der Waals surface area contributed by atoms with Crippen molar-refractivity contribution >= 4 is 59.1 Å². The molecule has 15 nitrogen and oxygen atoms in total. The van der Waals surface area contributed by atoms with Crippen molar-refractivity contribution in [1.29, 1.82) is 0 Å². The number of hydrogen-bond acceptors (Lipinski definition) is 10. The molecule has 0 spiro atoms.